The molecule has 0 bridgehead atoms. The molecule has 17 heavy (non-hydrogen) atoms. The predicted molar refractivity (Wildman–Crippen MR) is 69.8 cm³/mol. The fraction of sp³-hybridized carbons (Fsp3) is 0.462. The van der Waals surface area contributed by atoms with Crippen LogP contribution in [0, 0.1) is 0 Å². The van der Waals surface area contributed by atoms with Gasteiger partial charge in [-0.3, -0.25) is 10.1 Å². The number of fused-ring (bicyclic) bond motifs is 1. The van der Waals surface area contributed by atoms with Gasteiger partial charge >= 0.3 is 5.97 Å². The number of esters is 1. The summed E-state index contributed by atoms with van der Waals surface area (Å²) in [5.74, 6) is -0.214. The molecule has 0 saturated heterocycles. The molecule has 0 saturated carbocycles. The van der Waals surface area contributed by atoms with Crippen molar-refractivity contribution in [2.24, 2.45) is 0 Å². The molecule has 92 valence electrons. The van der Waals surface area contributed by atoms with Gasteiger partial charge in [0, 0.05) is 10.5 Å². The number of hydrogen-bond donors (Lipinski definition) is 1. The summed E-state index contributed by atoms with van der Waals surface area (Å²) >= 11 is 3.56. The Morgan fingerprint density at radius 1 is 1.59 bits per heavy atom. The molecule has 0 heterocycles. The summed E-state index contributed by atoms with van der Waals surface area (Å²) in [5, 5.41) is 3.32. The van der Waals surface area contributed by atoms with Crippen molar-refractivity contribution >= 4 is 21.9 Å². The molecule has 4 heteroatoms. The van der Waals surface area contributed by atoms with Crippen LogP contribution in [0.3, 0.4) is 0 Å². The normalized spacial score (nSPS) is 19.8. The molecule has 1 aromatic carbocycles. The molecule has 0 aliphatic heterocycles. The lowest BCUT2D eigenvalue weighted by molar-refractivity contribution is -0.142. The first-order valence-electron chi connectivity index (χ1n) is 5.74. The van der Waals surface area contributed by atoms with E-state index in [4.69, 9.17) is 4.74 Å². The van der Waals surface area contributed by atoms with Crippen molar-refractivity contribution in [2.45, 2.75) is 31.8 Å². The molecule has 3 nitrogen and oxygen atoms in total. The molecule has 1 N–H and O–H groups in total. The van der Waals surface area contributed by atoms with Crippen molar-refractivity contribution in [3.63, 3.8) is 0 Å². The Morgan fingerprint density at radius 2 is 2.35 bits per heavy atom. The third-order valence-electron chi connectivity index (χ3n) is 3.22. The van der Waals surface area contributed by atoms with Crippen molar-refractivity contribution in [2.75, 3.05) is 7.11 Å². The molecule has 1 aromatic rings. The summed E-state index contributed by atoms with van der Waals surface area (Å²) in [4.78, 5) is 11.4. The third kappa shape index (κ3) is 2.53. The van der Waals surface area contributed by atoms with E-state index in [1.54, 1.807) is 0 Å². The van der Waals surface area contributed by atoms with Crippen LogP contribution >= 0.6 is 15.9 Å². The average molecular weight is 298 g/mol. The number of methoxy groups -OCH3 is 1. The van der Waals surface area contributed by atoms with Gasteiger partial charge in [0.1, 0.15) is 6.04 Å². The predicted octanol–water partition coefficient (Wildman–Crippen LogP) is 2.59. The van der Waals surface area contributed by atoms with Gasteiger partial charge in [-0.25, -0.2) is 0 Å². The maximum atomic E-state index is 11.4. The second-order valence-corrected chi connectivity index (χ2v) is 5.16. The summed E-state index contributed by atoms with van der Waals surface area (Å²) in [6.45, 7) is 1.84. The van der Waals surface area contributed by atoms with Crippen LogP contribution in [-0.4, -0.2) is 19.1 Å². The van der Waals surface area contributed by atoms with Crippen LogP contribution in [0.25, 0.3) is 0 Å². The minimum atomic E-state index is -0.269. The monoisotopic (exact) mass is 297 g/mol. The lowest BCUT2D eigenvalue weighted by Crippen LogP contribution is -2.36. The summed E-state index contributed by atoms with van der Waals surface area (Å²) < 4.78 is 5.88. The molecule has 2 unspecified atom stereocenters. The summed E-state index contributed by atoms with van der Waals surface area (Å²) in [6.07, 6.45) is 2.07. The van der Waals surface area contributed by atoms with Crippen molar-refractivity contribution in [3.05, 3.63) is 33.8 Å². The molecule has 0 amide bonds. The zero-order chi connectivity index (χ0) is 12.4. The SMILES string of the molecule is COC(=O)C(C)NC1CCc2c(Br)cccc21. The van der Waals surface area contributed by atoms with Crippen LogP contribution in [0.5, 0.6) is 0 Å². The van der Waals surface area contributed by atoms with Crippen LogP contribution in [0.15, 0.2) is 22.7 Å². The minimum absolute atomic E-state index is 0.214. The van der Waals surface area contributed by atoms with E-state index in [2.05, 4.69) is 33.4 Å². The lowest BCUT2D eigenvalue weighted by atomic mass is 10.1. The first kappa shape index (κ1) is 12.6. The number of nitrogens with one attached hydrogen (secondary N) is 1. The largest absolute Gasteiger partial charge is 0.468 e. The maximum Gasteiger partial charge on any atom is 0.322 e. The highest BCUT2D eigenvalue weighted by molar-refractivity contribution is 9.10. The standard InChI is InChI=1S/C13H16BrNO2/c1-8(13(16)17-2)15-12-7-6-9-10(12)4-3-5-11(9)14/h3-5,8,12,15H,6-7H2,1-2H3. The van der Waals surface area contributed by atoms with E-state index >= 15 is 0 Å². The van der Waals surface area contributed by atoms with E-state index in [9.17, 15) is 4.79 Å². The van der Waals surface area contributed by atoms with E-state index in [0.717, 1.165) is 17.3 Å². The number of carbonyl (C=O) groups excluding carboxylic acids is 1. The van der Waals surface area contributed by atoms with Gasteiger partial charge in [0.2, 0.25) is 0 Å². The topological polar surface area (TPSA) is 38.3 Å². The fourth-order valence-electron chi connectivity index (χ4n) is 2.33. The Labute approximate surface area is 110 Å². The maximum absolute atomic E-state index is 11.4. The average Bonchev–Trinajstić information content (AvgIpc) is 2.73. The number of benzene rings is 1. The Hall–Kier alpha value is -0.870. The molecule has 1 aliphatic carbocycles. The van der Waals surface area contributed by atoms with Crippen molar-refractivity contribution in [1.82, 2.24) is 5.32 Å². The van der Waals surface area contributed by atoms with E-state index in [0.29, 0.717) is 0 Å². The molecule has 1 aliphatic rings. The van der Waals surface area contributed by atoms with E-state index in [-0.39, 0.29) is 18.1 Å². The molecule has 0 spiro atoms. The van der Waals surface area contributed by atoms with Crippen LogP contribution < -0.4 is 5.32 Å². The zero-order valence-corrected chi connectivity index (χ0v) is 11.6. The highest BCUT2D eigenvalue weighted by Crippen LogP contribution is 2.35. The number of rotatable bonds is 3. The van der Waals surface area contributed by atoms with Gasteiger partial charge in [0.25, 0.3) is 0 Å². The van der Waals surface area contributed by atoms with Crippen molar-refractivity contribution < 1.29 is 9.53 Å². The Kier molecular flexibility index (Phi) is 3.84. The van der Waals surface area contributed by atoms with Crippen LogP contribution in [0.2, 0.25) is 0 Å². The molecule has 0 radical (unpaired) electrons. The minimum Gasteiger partial charge on any atom is -0.468 e. The Bertz CT molecular complexity index is 433. The fourth-order valence-corrected chi connectivity index (χ4v) is 2.91. The third-order valence-corrected chi connectivity index (χ3v) is 3.96. The molecule has 2 atom stereocenters. The number of carbonyl (C=O) groups is 1. The Morgan fingerprint density at radius 3 is 3.06 bits per heavy atom. The summed E-state index contributed by atoms with van der Waals surface area (Å²) in [7, 11) is 1.42. The van der Waals surface area contributed by atoms with Gasteiger partial charge in [-0.1, -0.05) is 28.1 Å². The van der Waals surface area contributed by atoms with E-state index in [1.807, 2.05) is 13.0 Å². The second kappa shape index (κ2) is 5.19. The van der Waals surface area contributed by atoms with Gasteiger partial charge in [0.05, 0.1) is 7.11 Å². The number of hydrogen-bond acceptors (Lipinski definition) is 3. The van der Waals surface area contributed by atoms with Crippen molar-refractivity contribution in [3.8, 4) is 0 Å². The van der Waals surface area contributed by atoms with Crippen molar-refractivity contribution in [1.29, 1.82) is 0 Å². The van der Waals surface area contributed by atoms with E-state index in [1.165, 1.54) is 18.2 Å². The molecule has 0 aromatic heterocycles. The molecule has 2 rings (SSSR count). The van der Waals surface area contributed by atoms with Gasteiger partial charge in [-0.05, 0) is 37.0 Å². The first-order chi connectivity index (χ1) is 8.13. The molecule has 0 fully saturated rings. The molecular weight excluding hydrogens is 282 g/mol. The van der Waals surface area contributed by atoms with Gasteiger partial charge in [0.15, 0.2) is 0 Å². The Balaban J connectivity index is 2.12. The van der Waals surface area contributed by atoms with E-state index < -0.39 is 0 Å². The van der Waals surface area contributed by atoms with Crippen LogP contribution in [0.4, 0.5) is 0 Å². The summed E-state index contributed by atoms with van der Waals surface area (Å²) in [5.41, 5.74) is 2.64. The zero-order valence-electron chi connectivity index (χ0n) is 10.00. The van der Waals surface area contributed by atoms with Crippen LogP contribution in [-0.2, 0) is 16.0 Å². The first-order valence-corrected chi connectivity index (χ1v) is 6.54. The quantitative estimate of drug-likeness (QED) is 0.872. The van der Waals surface area contributed by atoms with Gasteiger partial charge < -0.3 is 4.74 Å². The van der Waals surface area contributed by atoms with Gasteiger partial charge in [-0.2, -0.15) is 0 Å². The number of ether oxygens (including phenoxy) is 1. The van der Waals surface area contributed by atoms with Gasteiger partial charge in [-0.15, -0.1) is 0 Å². The highest BCUT2D eigenvalue weighted by atomic mass is 79.9. The lowest BCUT2D eigenvalue weighted by Gasteiger charge is -2.18. The van der Waals surface area contributed by atoms with Crippen LogP contribution in [0.1, 0.15) is 30.5 Å². The highest BCUT2D eigenvalue weighted by Gasteiger charge is 2.26. The second-order valence-electron chi connectivity index (χ2n) is 4.31. The summed E-state index contributed by atoms with van der Waals surface area (Å²) in [6, 6.07) is 6.19. The smallest absolute Gasteiger partial charge is 0.322 e. The molecular formula is C13H16BrNO2. The number of halogens is 1.